The zero-order valence-electron chi connectivity index (χ0n) is 13.6. The molecule has 2 fully saturated rings. The zero-order valence-corrected chi connectivity index (χ0v) is 13.6. The average molecular weight is 359 g/mol. The third-order valence-electron chi connectivity index (χ3n) is 4.60. The number of nitrogens with zero attached hydrogens (tertiary/aromatic N) is 4. The van der Waals surface area contributed by atoms with E-state index in [0.717, 1.165) is 36.6 Å². The number of hydrogen-bond donors (Lipinski definition) is 1. The molecule has 1 aromatic heterocycles. The fraction of sp³-hybridized carbons (Fsp3) is 0.667. The molecule has 2 aliphatic rings. The van der Waals surface area contributed by atoms with E-state index in [4.69, 9.17) is 0 Å². The highest BCUT2D eigenvalue weighted by Gasteiger charge is 2.35. The van der Waals surface area contributed by atoms with Crippen molar-refractivity contribution in [2.75, 3.05) is 19.6 Å². The fourth-order valence-electron chi connectivity index (χ4n) is 3.31. The number of hydrogen-bond acceptors (Lipinski definition) is 3. The number of rotatable bonds is 4. The maximum atomic E-state index is 12.7. The number of aromatic nitrogens is 2. The monoisotopic (exact) mass is 359 g/mol. The van der Waals surface area contributed by atoms with Gasteiger partial charge in [-0.1, -0.05) is 12.8 Å². The van der Waals surface area contributed by atoms with Gasteiger partial charge in [0.25, 0.3) is 0 Å². The molecule has 1 aromatic rings. The largest absolute Gasteiger partial charge is 0.435 e. The number of imide groups is 1. The Morgan fingerprint density at radius 2 is 2.08 bits per heavy atom. The van der Waals surface area contributed by atoms with Gasteiger partial charge in [-0.15, -0.1) is 0 Å². The summed E-state index contributed by atoms with van der Waals surface area (Å²) in [5, 5.41) is 6.10. The second kappa shape index (κ2) is 6.93. The van der Waals surface area contributed by atoms with Crippen LogP contribution in [0.2, 0.25) is 0 Å². The Kier molecular flexibility index (Phi) is 4.87. The van der Waals surface area contributed by atoms with Crippen LogP contribution < -0.4 is 5.32 Å². The maximum absolute atomic E-state index is 12.7. The molecule has 4 amide bonds. The number of carbonyl (C=O) groups is 2. The van der Waals surface area contributed by atoms with Gasteiger partial charge in [0.05, 0.1) is 6.54 Å². The van der Waals surface area contributed by atoms with Gasteiger partial charge >= 0.3 is 18.2 Å². The molecular formula is C15H20F3N5O2. The Bertz CT molecular complexity index is 639. The van der Waals surface area contributed by atoms with E-state index in [-0.39, 0.29) is 25.2 Å². The highest BCUT2D eigenvalue weighted by molar-refractivity contribution is 5.95. The van der Waals surface area contributed by atoms with Gasteiger partial charge in [0, 0.05) is 31.9 Å². The van der Waals surface area contributed by atoms with Gasteiger partial charge in [-0.2, -0.15) is 18.3 Å². The van der Waals surface area contributed by atoms with Crippen LogP contribution >= 0.6 is 0 Å². The molecule has 138 valence electrons. The highest BCUT2D eigenvalue weighted by Crippen LogP contribution is 2.27. The van der Waals surface area contributed by atoms with Crippen molar-refractivity contribution in [1.29, 1.82) is 0 Å². The van der Waals surface area contributed by atoms with Crippen molar-refractivity contribution in [1.82, 2.24) is 24.9 Å². The van der Waals surface area contributed by atoms with Crippen LogP contribution in [-0.2, 0) is 12.7 Å². The molecule has 0 spiro atoms. The Balaban J connectivity index is 1.68. The maximum Gasteiger partial charge on any atom is 0.435 e. The summed E-state index contributed by atoms with van der Waals surface area (Å²) in [5.74, 6) is 0. The lowest BCUT2D eigenvalue weighted by Gasteiger charge is -2.31. The molecular weight excluding hydrogens is 339 g/mol. The molecule has 25 heavy (non-hydrogen) atoms. The van der Waals surface area contributed by atoms with Gasteiger partial charge in [-0.05, 0) is 18.9 Å². The number of halogens is 3. The van der Waals surface area contributed by atoms with E-state index >= 15 is 0 Å². The number of alkyl halides is 3. The lowest BCUT2D eigenvalue weighted by Crippen LogP contribution is -2.49. The summed E-state index contributed by atoms with van der Waals surface area (Å²) in [7, 11) is 0. The first kappa shape index (κ1) is 17.6. The minimum Gasteiger partial charge on any atom is -0.336 e. The van der Waals surface area contributed by atoms with Gasteiger partial charge in [0.15, 0.2) is 5.69 Å². The molecule has 1 N–H and O–H groups in total. The molecule has 7 nitrogen and oxygen atoms in total. The smallest absolute Gasteiger partial charge is 0.336 e. The summed E-state index contributed by atoms with van der Waals surface area (Å²) in [6.07, 6.45) is 0.450. The predicted octanol–water partition coefficient (Wildman–Crippen LogP) is 2.29. The van der Waals surface area contributed by atoms with Crippen molar-refractivity contribution in [3.05, 3.63) is 18.0 Å². The lowest BCUT2D eigenvalue weighted by molar-refractivity contribution is -0.141. The van der Waals surface area contributed by atoms with E-state index in [0.29, 0.717) is 13.1 Å². The summed E-state index contributed by atoms with van der Waals surface area (Å²) in [6.45, 7) is 1.08. The number of urea groups is 2. The lowest BCUT2D eigenvalue weighted by atomic mass is 10.2. The van der Waals surface area contributed by atoms with Gasteiger partial charge in [-0.3, -0.25) is 4.68 Å². The SMILES string of the molecule is O=C1NCCN1C(=O)N(CCn1ccc(C(F)(F)F)n1)C1CCCC1. The van der Waals surface area contributed by atoms with Crippen molar-refractivity contribution < 1.29 is 22.8 Å². The molecule has 1 saturated heterocycles. The summed E-state index contributed by atoms with van der Waals surface area (Å²) in [4.78, 5) is 27.2. The predicted molar refractivity (Wildman–Crippen MR) is 81.7 cm³/mol. The summed E-state index contributed by atoms with van der Waals surface area (Å²) >= 11 is 0. The Morgan fingerprint density at radius 3 is 2.64 bits per heavy atom. The van der Waals surface area contributed by atoms with E-state index in [2.05, 4.69) is 10.4 Å². The normalized spacial score (nSPS) is 18.7. The first-order chi connectivity index (χ1) is 11.9. The Hall–Kier alpha value is -2.26. The van der Waals surface area contributed by atoms with Crippen LogP contribution in [0.3, 0.4) is 0 Å². The Labute approximate surface area is 142 Å². The third-order valence-corrected chi connectivity index (χ3v) is 4.60. The summed E-state index contributed by atoms with van der Waals surface area (Å²) in [5.41, 5.74) is -0.954. The Morgan fingerprint density at radius 1 is 1.36 bits per heavy atom. The fourth-order valence-corrected chi connectivity index (χ4v) is 3.31. The molecule has 0 atom stereocenters. The minimum atomic E-state index is -4.49. The quantitative estimate of drug-likeness (QED) is 0.897. The number of amides is 4. The molecule has 0 unspecified atom stereocenters. The van der Waals surface area contributed by atoms with E-state index < -0.39 is 17.9 Å². The number of carbonyl (C=O) groups excluding carboxylic acids is 2. The van der Waals surface area contributed by atoms with Gasteiger partial charge in [0.1, 0.15) is 0 Å². The van der Waals surface area contributed by atoms with Crippen molar-refractivity contribution in [2.24, 2.45) is 0 Å². The molecule has 3 rings (SSSR count). The molecule has 1 aliphatic heterocycles. The molecule has 1 saturated carbocycles. The minimum absolute atomic E-state index is 0.0125. The van der Waals surface area contributed by atoms with Gasteiger partial charge in [0.2, 0.25) is 0 Å². The molecule has 2 heterocycles. The van der Waals surface area contributed by atoms with Crippen LogP contribution in [-0.4, -0.2) is 57.3 Å². The van der Waals surface area contributed by atoms with E-state index in [1.807, 2.05) is 0 Å². The topological polar surface area (TPSA) is 70.5 Å². The zero-order chi connectivity index (χ0) is 18.0. The van der Waals surface area contributed by atoms with Crippen molar-refractivity contribution >= 4 is 12.1 Å². The molecule has 10 heteroatoms. The first-order valence-electron chi connectivity index (χ1n) is 8.33. The van der Waals surface area contributed by atoms with Crippen LogP contribution in [0.25, 0.3) is 0 Å². The standard InChI is InChI=1S/C15H20F3N5O2/c16-15(17,18)12-5-7-21(20-12)9-10-22(11-3-1-2-4-11)14(25)23-8-6-19-13(23)24/h5,7,11H,1-4,6,8-10H2,(H,19,24). The van der Waals surface area contributed by atoms with Gasteiger partial charge < -0.3 is 10.2 Å². The van der Waals surface area contributed by atoms with Crippen molar-refractivity contribution in [3.8, 4) is 0 Å². The van der Waals surface area contributed by atoms with Crippen LogP contribution in [0.15, 0.2) is 12.3 Å². The summed E-state index contributed by atoms with van der Waals surface area (Å²) in [6, 6.07) is 0.116. The third kappa shape index (κ3) is 3.88. The van der Waals surface area contributed by atoms with Crippen molar-refractivity contribution in [3.63, 3.8) is 0 Å². The highest BCUT2D eigenvalue weighted by atomic mass is 19.4. The average Bonchev–Trinajstić information content (AvgIpc) is 3.27. The van der Waals surface area contributed by atoms with E-state index in [1.165, 1.54) is 10.9 Å². The molecule has 0 radical (unpaired) electrons. The second-order valence-corrected chi connectivity index (χ2v) is 6.26. The molecule has 1 aliphatic carbocycles. The van der Waals surface area contributed by atoms with E-state index in [1.54, 1.807) is 4.90 Å². The van der Waals surface area contributed by atoms with Crippen LogP contribution in [0.5, 0.6) is 0 Å². The molecule has 0 bridgehead atoms. The second-order valence-electron chi connectivity index (χ2n) is 6.26. The number of nitrogens with one attached hydrogen (secondary N) is 1. The van der Waals surface area contributed by atoms with Crippen LogP contribution in [0.1, 0.15) is 31.4 Å². The molecule has 0 aromatic carbocycles. The van der Waals surface area contributed by atoms with Crippen LogP contribution in [0.4, 0.5) is 22.8 Å². The first-order valence-corrected chi connectivity index (χ1v) is 8.33. The summed E-state index contributed by atoms with van der Waals surface area (Å²) < 4.78 is 39.1. The van der Waals surface area contributed by atoms with Crippen LogP contribution in [0, 0.1) is 0 Å². The van der Waals surface area contributed by atoms with Crippen molar-refractivity contribution in [2.45, 2.75) is 44.4 Å². The van der Waals surface area contributed by atoms with Gasteiger partial charge in [-0.25, -0.2) is 14.5 Å². The van der Waals surface area contributed by atoms with E-state index in [9.17, 15) is 22.8 Å².